The Morgan fingerprint density at radius 2 is 2.07 bits per heavy atom. The van der Waals surface area contributed by atoms with Crippen molar-refractivity contribution in [3.63, 3.8) is 0 Å². The Labute approximate surface area is 179 Å². The summed E-state index contributed by atoms with van der Waals surface area (Å²) in [7, 11) is 0. The zero-order valence-electron chi connectivity index (χ0n) is 16.3. The first-order valence-corrected chi connectivity index (χ1v) is 10.3. The molecule has 7 nitrogen and oxygen atoms in total. The number of hydrogen-bond donors (Lipinski definition) is 2. The van der Waals surface area contributed by atoms with Gasteiger partial charge in [-0.15, -0.1) is 0 Å². The molecule has 0 amide bonds. The highest BCUT2D eigenvalue weighted by atomic mass is 35.5. The molecule has 0 spiro atoms. The average Bonchev–Trinajstić information content (AvgIpc) is 3.18. The van der Waals surface area contributed by atoms with Crippen molar-refractivity contribution in [1.29, 1.82) is 0 Å². The minimum absolute atomic E-state index is 0.142. The van der Waals surface area contributed by atoms with Gasteiger partial charge in [-0.2, -0.15) is 9.61 Å². The number of halogens is 1. The SMILES string of the molecule is Clc1ccccc1-c1ccc2cnc(Nc3cnccc3OC3CCCNC3)n2n1. The van der Waals surface area contributed by atoms with Crippen molar-refractivity contribution in [3.8, 4) is 17.0 Å². The monoisotopic (exact) mass is 420 g/mol. The highest BCUT2D eigenvalue weighted by Crippen LogP contribution is 2.30. The van der Waals surface area contributed by atoms with E-state index in [0.717, 1.165) is 54.1 Å². The van der Waals surface area contributed by atoms with Gasteiger partial charge in [0.15, 0.2) is 0 Å². The molecule has 4 aromatic rings. The Bertz CT molecular complexity index is 1170. The second kappa shape index (κ2) is 8.30. The molecule has 0 saturated carbocycles. The summed E-state index contributed by atoms with van der Waals surface area (Å²) in [6, 6.07) is 13.4. The molecule has 1 aromatic carbocycles. The standard InChI is InChI=1S/C22H21ClN6O/c23-18-6-2-1-5-17(18)19-8-7-15-12-26-22(29(15)28-19)27-20-14-25-11-9-21(20)30-16-4-3-10-24-13-16/h1-2,5-9,11-12,14,16,24H,3-4,10,13H2,(H,26,27). The molecule has 152 valence electrons. The molecule has 1 atom stereocenters. The fourth-order valence-electron chi connectivity index (χ4n) is 3.58. The first-order chi connectivity index (χ1) is 14.8. The number of ether oxygens (including phenoxy) is 1. The number of nitrogens with one attached hydrogen (secondary N) is 2. The van der Waals surface area contributed by atoms with Crippen LogP contribution in [0.15, 0.2) is 61.1 Å². The van der Waals surface area contributed by atoms with E-state index < -0.39 is 0 Å². The summed E-state index contributed by atoms with van der Waals surface area (Å²) in [4.78, 5) is 8.74. The third-order valence-corrected chi connectivity index (χ3v) is 5.44. The zero-order chi connectivity index (χ0) is 20.3. The van der Waals surface area contributed by atoms with Crippen LogP contribution in [0.25, 0.3) is 16.8 Å². The maximum atomic E-state index is 6.36. The number of piperidine rings is 1. The van der Waals surface area contributed by atoms with E-state index in [-0.39, 0.29) is 6.10 Å². The van der Waals surface area contributed by atoms with Crippen LogP contribution in [0.3, 0.4) is 0 Å². The highest BCUT2D eigenvalue weighted by Gasteiger charge is 2.17. The molecule has 8 heteroatoms. The highest BCUT2D eigenvalue weighted by molar-refractivity contribution is 6.33. The number of benzene rings is 1. The molecule has 4 heterocycles. The van der Waals surface area contributed by atoms with Crippen LogP contribution in [-0.2, 0) is 0 Å². The Kier molecular flexibility index (Phi) is 5.21. The van der Waals surface area contributed by atoms with Crippen molar-refractivity contribution in [3.05, 3.63) is 66.1 Å². The Morgan fingerprint density at radius 1 is 1.13 bits per heavy atom. The van der Waals surface area contributed by atoms with E-state index in [2.05, 4.69) is 20.6 Å². The van der Waals surface area contributed by atoms with Crippen molar-refractivity contribution in [2.24, 2.45) is 0 Å². The number of aromatic nitrogens is 4. The molecule has 1 saturated heterocycles. The van der Waals surface area contributed by atoms with Gasteiger partial charge in [0.05, 0.1) is 28.6 Å². The van der Waals surface area contributed by atoms with Crippen LogP contribution in [0, 0.1) is 0 Å². The normalized spacial score (nSPS) is 16.5. The van der Waals surface area contributed by atoms with Crippen LogP contribution in [0.5, 0.6) is 5.75 Å². The third-order valence-electron chi connectivity index (χ3n) is 5.11. The summed E-state index contributed by atoms with van der Waals surface area (Å²) >= 11 is 6.36. The Morgan fingerprint density at radius 3 is 2.93 bits per heavy atom. The Hall–Kier alpha value is -3.16. The predicted octanol–water partition coefficient (Wildman–Crippen LogP) is 4.32. The minimum Gasteiger partial charge on any atom is -0.487 e. The van der Waals surface area contributed by atoms with Gasteiger partial charge in [-0.25, -0.2) is 4.98 Å². The molecule has 1 aliphatic rings. The second-order valence-electron chi connectivity index (χ2n) is 7.20. The van der Waals surface area contributed by atoms with Crippen molar-refractivity contribution < 1.29 is 4.74 Å². The van der Waals surface area contributed by atoms with Crippen LogP contribution in [0.4, 0.5) is 11.6 Å². The summed E-state index contributed by atoms with van der Waals surface area (Å²) in [5.74, 6) is 1.33. The van der Waals surface area contributed by atoms with Crippen molar-refractivity contribution >= 4 is 28.8 Å². The van der Waals surface area contributed by atoms with E-state index in [1.165, 1.54) is 0 Å². The maximum Gasteiger partial charge on any atom is 0.229 e. The summed E-state index contributed by atoms with van der Waals surface area (Å²) in [6.45, 7) is 1.89. The lowest BCUT2D eigenvalue weighted by Crippen LogP contribution is -2.37. The molecular formula is C22H21ClN6O. The van der Waals surface area contributed by atoms with Gasteiger partial charge in [0, 0.05) is 24.4 Å². The average molecular weight is 421 g/mol. The largest absolute Gasteiger partial charge is 0.487 e. The van der Waals surface area contributed by atoms with Crippen molar-refractivity contribution in [2.75, 3.05) is 18.4 Å². The predicted molar refractivity (Wildman–Crippen MR) is 117 cm³/mol. The second-order valence-corrected chi connectivity index (χ2v) is 7.61. The van der Waals surface area contributed by atoms with E-state index in [9.17, 15) is 0 Å². The molecule has 1 unspecified atom stereocenters. The molecule has 30 heavy (non-hydrogen) atoms. The quantitative estimate of drug-likeness (QED) is 0.500. The van der Waals surface area contributed by atoms with E-state index in [1.54, 1.807) is 23.1 Å². The van der Waals surface area contributed by atoms with Gasteiger partial charge in [0.2, 0.25) is 5.95 Å². The van der Waals surface area contributed by atoms with Crippen LogP contribution >= 0.6 is 11.6 Å². The topological polar surface area (TPSA) is 76.4 Å². The van der Waals surface area contributed by atoms with Gasteiger partial charge >= 0.3 is 0 Å². The minimum atomic E-state index is 0.142. The van der Waals surface area contributed by atoms with Crippen LogP contribution in [0.2, 0.25) is 5.02 Å². The summed E-state index contributed by atoms with van der Waals surface area (Å²) in [5.41, 5.74) is 3.26. The first kappa shape index (κ1) is 18.8. The summed E-state index contributed by atoms with van der Waals surface area (Å²) < 4.78 is 7.98. The number of pyridine rings is 1. The number of hydrogen-bond acceptors (Lipinski definition) is 6. The molecule has 0 aliphatic carbocycles. The van der Waals surface area contributed by atoms with Crippen molar-refractivity contribution in [1.82, 2.24) is 24.9 Å². The Balaban J connectivity index is 1.46. The fraction of sp³-hybridized carbons (Fsp3) is 0.227. The molecule has 2 N–H and O–H groups in total. The lowest BCUT2D eigenvalue weighted by atomic mass is 10.1. The molecule has 0 bridgehead atoms. The number of imidazole rings is 1. The van der Waals surface area contributed by atoms with E-state index in [0.29, 0.717) is 11.0 Å². The molecule has 1 fully saturated rings. The number of rotatable bonds is 5. The van der Waals surface area contributed by atoms with Crippen LogP contribution in [0.1, 0.15) is 12.8 Å². The van der Waals surface area contributed by atoms with Crippen LogP contribution < -0.4 is 15.4 Å². The lowest BCUT2D eigenvalue weighted by Gasteiger charge is -2.25. The third kappa shape index (κ3) is 3.81. The zero-order valence-corrected chi connectivity index (χ0v) is 17.0. The maximum absolute atomic E-state index is 6.36. The summed E-state index contributed by atoms with van der Waals surface area (Å²) in [6.07, 6.45) is 7.53. The lowest BCUT2D eigenvalue weighted by molar-refractivity contribution is 0.168. The molecule has 3 aromatic heterocycles. The van der Waals surface area contributed by atoms with E-state index in [4.69, 9.17) is 21.4 Å². The van der Waals surface area contributed by atoms with Gasteiger partial charge in [0.1, 0.15) is 17.5 Å². The molecular weight excluding hydrogens is 400 g/mol. The van der Waals surface area contributed by atoms with Gasteiger partial charge in [0.25, 0.3) is 0 Å². The van der Waals surface area contributed by atoms with Crippen molar-refractivity contribution in [2.45, 2.75) is 18.9 Å². The van der Waals surface area contributed by atoms with Gasteiger partial charge in [-0.3, -0.25) is 4.98 Å². The molecule has 1 aliphatic heterocycles. The van der Waals surface area contributed by atoms with Gasteiger partial charge in [-0.1, -0.05) is 29.8 Å². The smallest absolute Gasteiger partial charge is 0.229 e. The first-order valence-electron chi connectivity index (χ1n) is 9.96. The number of anilines is 2. The molecule has 5 rings (SSSR count). The number of nitrogens with zero attached hydrogens (tertiary/aromatic N) is 4. The fourth-order valence-corrected chi connectivity index (χ4v) is 3.81. The van der Waals surface area contributed by atoms with Crippen LogP contribution in [-0.4, -0.2) is 38.8 Å². The van der Waals surface area contributed by atoms with E-state index >= 15 is 0 Å². The summed E-state index contributed by atoms with van der Waals surface area (Å²) in [5, 5.41) is 12.1. The van der Waals surface area contributed by atoms with E-state index in [1.807, 2.05) is 42.5 Å². The van der Waals surface area contributed by atoms with Gasteiger partial charge < -0.3 is 15.4 Å². The number of fused-ring (bicyclic) bond motifs is 1. The molecule has 0 radical (unpaired) electrons. The van der Waals surface area contributed by atoms with Gasteiger partial charge in [-0.05, 0) is 37.6 Å².